The Morgan fingerprint density at radius 3 is 2.76 bits per heavy atom. The molecular formula is C13H12O4. The summed E-state index contributed by atoms with van der Waals surface area (Å²) in [4.78, 5) is 23.8. The van der Waals surface area contributed by atoms with Crippen LogP contribution in [0.4, 0.5) is 0 Å². The molecule has 0 spiro atoms. The lowest BCUT2D eigenvalue weighted by Gasteiger charge is -2.05. The topological polar surface area (TPSA) is 56.5 Å². The molecule has 0 aliphatic heterocycles. The summed E-state index contributed by atoms with van der Waals surface area (Å²) < 4.78 is 10.3. The average molecular weight is 232 g/mol. The Kier molecular flexibility index (Phi) is 2.95. The normalized spacial score (nSPS) is 10.5. The summed E-state index contributed by atoms with van der Waals surface area (Å²) in [7, 11) is 0. The number of ether oxygens (including phenoxy) is 1. The van der Waals surface area contributed by atoms with E-state index in [-0.39, 0.29) is 23.4 Å². The zero-order valence-corrected chi connectivity index (χ0v) is 9.65. The third-order valence-corrected chi connectivity index (χ3v) is 2.45. The Labute approximate surface area is 97.8 Å². The second-order valence-electron chi connectivity index (χ2n) is 3.58. The van der Waals surface area contributed by atoms with Gasteiger partial charge in [-0.25, -0.2) is 4.79 Å². The Morgan fingerprint density at radius 1 is 1.35 bits per heavy atom. The van der Waals surface area contributed by atoms with E-state index in [4.69, 9.17) is 9.15 Å². The van der Waals surface area contributed by atoms with E-state index >= 15 is 0 Å². The molecule has 1 heterocycles. The summed E-state index contributed by atoms with van der Waals surface area (Å²) in [6.45, 7) is 3.50. The van der Waals surface area contributed by atoms with Gasteiger partial charge in [0, 0.05) is 0 Å². The van der Waals surface area contributed by atoms with Crippen LogP contribution in [0.1, 0.15) is 23.0 Å². The molecule has 0 aliphatic carbocycles. The molecule has 0 atom stereocenters. The molecule has 0 bridgehead atoms. The number of hydrogen-bond donors (Lipinski definition) is 0. The van der Waals surface area contributed by atoms with E-state index < -0.39 is 5.97 Å². The van der Waals surface area contributed by atoms with Crippen LogP contribution in [0, 0.1) is 6.92 Å². The molecule has 0 saturated carbocycles. The molecule has 0 amide bonds. The highest BCUT2D eigenvalue weighted by Crippen LogP contribution is 2.15. The molecule has 17 heavy (non-hydrogen) atoms. The van der Waals surface area contributed by atoms with E-state index in [1.54, 1.807) is 38.1 Å². The number of fused-ring (bicyclic) bond motifs is 1. The van der Waals surface area contributed by atoms with Crippen LogP contribution in [0.25, 0.3) is 11.0 Å². The first-order chi connectivity index (χ1) is 8.15. The minimum absolute atomic E-state index is 0.0226. The molecular weight excluding hydrogens is 220 g/mol. The van der Waals surface area contributed by atoms with Crippen LogP contribution >= 0.6 is 0 Å². The van der Waals surface area contributed by atoms with Gasteiger partial charge in [-0.1, -0.05) is 12.1 Å². The largest absolute Gasteiger partial charge is 0.462 e. The summed E-state index contributed by atoms with van der Waals surface area (Å²) in [5.74, 6) is -0.350. The van der Waals surface area contributed by atoms with Crippen molar-refractivity contribution in [2.24, 2.45) is 0 Å². The first kappa shape index (κ1) is 11.4. The van der Waals surface area contributed by atoms with Gasteiger partial charge < -0.3 is 9.15 Å². The van der Waals surface area contributed by atoms with Gasteiger partial charge in [0.05, 0.1) is 12.0 Å². The Bertz CT molecular complexity index is 625. The fourth-order valence-corrected chi connectivity index (χ4v) is 1.69. The molecule has 0 saturated heterocycles. The lowest BCUT2D eigenvalue weighted by molar-refractivity contribution is 0.0521. The molecule has 2 rings (SSSR count). The highest BCUT2D eigenvalue weighted by molar-refractivity contribution is 5.94. The second kappa shape index (κ2) is 4.41. The molecule has 88 valence electrons. The van der Waals surface area contributed by atoms with Crippen LogP contribution in [0.3, 0.4) is 0 Å². The predicted molar refractivity (Wildman–Crippen MR) is 63.2 cm³/mol. The van der Waals surface area contributed by atoms with Gasteiger partial charge in [0.15, 0.2) is 0 Å². The van der Waals surface area contributed by atoms with Crippen molar-refractivity contribution in [2.75, 3.05) is 6.61 Å². The van der Waals surface area contributed by atoms with Gasteiger partial charge in [0.1, 0.15) is 16.9 Å². The van der Waals surface area contributed by atoms with Crippen molar-refractivity contribution in [2.45, 2.75) is 13.8 Å². The molecule has 0 N–H and O–H groups in total. The van der Waals surface area contributed by atoms with Crippen LogP contribution in [0.15, 0.2) is 33.5 Å². The van der Waals surface area contributed by atoms with E-state index in [0.717, 1.165) is 0 Å². The smallest absolute Gasteiger partial charge is 0.345 e. The molecule has 4 nitrogen and oxygen atoms in total. The number of hydrogen-bond acceptors (Lipinski definition) is 4. The van der Waals surface area contributed by atoms with E-state index in [0.29, 0.717) is 11.0 Å². The minimum Gasteiger partial charge on any atom is -0.462 e. The number of para-hydroxylation sites is 1. The monoisotopic (exact) mass is 232 g/mol. The van der Waals surface area contributed by atoms with Gasteiger partial charge in [-0.3, -0.25) is 4.79 Å². The lowest BCUT2D eigenvalue weighted by atomic mass is 10.1. The van der Waals surface area contributed by atoms with Crippen LogP contribution in [0.5, 0.6) is 0 Å². The third kappa shape index (κ3) is 1.93. The summed E-state index contributed by atoms with van der Waals surface area (Å²) in [5, 5.41) is 0.390. The van der Waals surface area contributed by atoms with Crippen LogP contribution in [0.2, 0.25) is 0 Å². The quantitative estimate of drug-likeness (QED) is 0.745. The molecule has 4 heteroatoms. The number of esters is 1. The Morgan fingerprint density at radius 2 is 2.06 bits per heavy atom. The van der Waals surface area contributed by atoms with Crippen molar-refractivity contribution < 1.29 is 13.9 Å². The van der Waals surface area contributed by atoms with Crippen LogP contribution < -0.4 is 5.43 Å². The Hall–Kier alpha value is -2.10. The van der Waals surface area contributed by atoms with E-state index in [1.165, 1.54) is 0 Å². The fraction of sp³-hybridized carbons (Fsp3) is 0.231. The van der Waals surface area contributed by atoms with Gasteiger partial charge in [0.25, 0.3) is 0 Å². The van der Waals surface area contributed by atoms with Gasteiger partial charge in [-0.2, -0.15) is 0 Å². The summed E-state index contributed by atoms with van der Waals surface area (Å²) in [5.41, 5.74) is 0.108. The number of benzene rings is 1. The number of carbonyl (C=O) groups is 1. The van der Waals surface area contributed by atoms with Gasteiger partial charge in [-0.15, -0.1) is 0 Å². The van der Waals surface area contributed by atoms with Crippen molar-refractivity contribution in [3.63, 3.8) is 0 Å². The minimum atomic E-state index is -0.635. The van der Waals surface area contributed by atoms with E-state index in [2.05, 4.69) is 0 Å². The Balaban J connectivity index is 2.72. The zero-order chi connectivity index (χ0) is 12.4. The van der Waals surface area contributed by atoms with E-state index in [9.17, 15) is 9.59 Å². The zero-order valence-electron chi connectivity index (χ0n) is 9.65. The highest BCUT2D eigenvalue weighted by atomic mass is 16.5. The third-order valence-electron chi connectivity index (χ3n) is 2.45. The SMILES string of the molecule is CCOC(=O)c1c(C)oc2ccccc2c1=O. The van der Waals surface area contributed by atoms with Crippen molar-refractivity contribution in [3.05, 3.63) is 45.8 Å². The highest BCUT2D eigenvalue weighted by Gasteiger charge is 2.19. The number of carbonyl (C=O) groups excluding carboxylic acids is 1. The van der Waals surface area contributed by atoms with Crippen molar-refractivity contribution in [3.8, 4) is 0 Å². The van der Waals surface area contributed by atoms with Gasteiger partial charge in [-0.05, 0) is 26.0 Å². The lowest BCUT2D eigenvalue weighted by Crippen LogP contribution is -2.19. The molecule has 1 aromatic carbocycles. The maximum absolute atomic E-state index is 12.1. The molecule has 2 aromatic rings. The summed E-state index contributed by atoms with van der Waals surface area (Å²) in [6.07, 6.45) is 0. The standard InChI is InChI=1S/C13H12O4/c1-3-16-13(15)11-8(2)17-10-7-5-4-6-9(10)12(11)14/h4-7H,3H2,1-2H3. The molecule has 0 fully saturated rings. The van der Waals surface area contributed by atoms with Crippen molar-refractivity contribution in [1.29, 1.82) is 0 Å². The van der Waals surface area contributed by atoms with Crippen LogP contribution in [-0.4, -0.2) is 12.6 Å². The molecule has 0 aliphatic rings. The number of aryl methyl sites for hydroxylation is 1. The maximum atomic E-state index is 12.1. The van der Waals surface area contributed by atoms with Crippen molar-refractivity contribution in [1.82, 2.24) is 0 Å². The fourth-order valence-electron chi connectivity index (χ4n) is 1.69. The van der Waals surface area contributed by atoms with Crippen LogP contribution in [-0.2, 0) is 4.74 Å². The van der Waals surface area contributed by atoms with Gasteiger partial charge >= 0.3 is 5.97 Å². The van der Waals surface area contributed by atoms with E-state index in [1.807, 2.05) is 0 Å². The second-order valence-corrected chi connectivity index (χ2v) is 3.58. The molecule has 1 aromatic heterocycles. The summed E-state index contributed by atoms with van der Waals surface area (Å²) in [6, 6.07) is 6.82. The molecule has 0 radical (unpaired) electrons. The number of rotatable bonds is 2. The molecule has 0 unspecified atom stereocenters. The predicted octanol–water partition coefficient (Wildman–Crippen LogP) is 2.28. The van der Waals surface area contributed by atoms with Crippen molar-refractivity contribution >= 4 is 16.9 Å². The first-order valence-electron chi connectivity index (χ1n) is 5.34. The maximum Gasteiger partial charge on any atom is 0.345 e. The van der Waals surface area contributed by atoms with Gasteiger partial charge in [0.2, 0.25) is 5.43 Å². The first-order valence-corrected chi connectivity index (χ1v) is 5.34. The average Bonchev–Trinajstić information content (AvgIpc) is 2.29. The summed E-state index contributed by atoms with van der Waals surface area (Å²) >= 11 is 0.